The quantitative estimate of drug-likeness (QED) is 0.458. The van der Waals surface area contributed by atoms with Crippen LogP contribution in [0.15, 0.2) is 41.3 Å². The molecule has 1 aliphatic heterocycles. The molecule has 1 amide bonds. The van der Waals surface area contributed by atoms with Crippen molar-refractivity contribution in [3.63, 3.8) is 0 Å². The van der Waals surface area contributed by atoms with E-state index in [0.29, 0.717) is 28.5 Å². The molecule has 0 N–H and O–H groups in total. The first-order valence-electron chi connectivity index (χ1n) is 10.4. The molecule has 9 heteroatoms. The van der Waals surface area contributed by atoms with Gasteiger partial charge in [0.1, 0.15) is 21.7 Å². The van der Waals surface area contributed by atoms with Gasteiger partial charge in [0.2, 0.25) is 0 Å². The van der Waals surface area contributed by atoms with Gasteiger partial charge in [0, 0.05) is 36.6 Å². The van der Waals surface area contributed by atoms with Crippen LogP contribution in [0.3, 0.4) is 0 Å². The molecule has 170 valence electrons. The lowest BCUT2D eigenvalue weighted by molar-refractivity contribution is 0.0391. The smallest absolute Gasteiger partial charge is 0.260 e. The van der Waals surface area contributed by atoms with Gasteiger partial charge in [0.15, 0.2) is 5.13 Å². The molecule has 0 saturated carbocycles. The number of anilines is 1. The van der Waals surface area contributed by atoms with E-state index in [4.69, 9.17) is 19.2 Å². The molecule has 0 bridgehead atoms. The highest BCUT2D eigenvalue weighted by Crippen LogP contribution is 2.40. The maximum absolute atomic E-state index is 13.6. The van der Waals surface area contributed by atoms with E-state index in [-0.39, 0.29) is 5.91 Å². The van der Waals surface area contributed by atoms with E-state index in [0.717, 1.165) is 48.2 Å². The molecule has 0 radical (unpaired) electrons. The molecule has 2 heterocycles. The third kappa shape index (κ3) is 4.85. The van der Waals surface area contributed by atoms with Crippen molar-refractivity contribution in [2.24, 2.45) is 0 Å². The molecule has 4 rings (SSSR count). The Morgan fingerprint density at radius 3 is 2.66 bits per heavy atom. The van der Waals surface area contributed by atoms with Gasteiger partial charge in [-0.15, -0.1) is 11.8 Å². The predicted octanol–water partition coefficient (Wildman–Crippen LogP) is 4.01. The molecule has 1 saturated heterocycles. The van der Waals surface area contributed by atoms with Gasteiger partial charge in [-0.2, -0.15) is 0 Å². The summed E-state index contributed by atoms with van der Waals surface area (Å²) in [7, 11) is 3.26. The number of hydrogen-bond acceptors (Lipinski definition) is 8. The summed E-state index contributed by atoms with van der Waals surface area (Å²) in [5, 5.41) is 0.635. The summed E-state index contributed by atoms with van der Waals surface area (Å²) >= 11 is 3.06. The number of carbonyl (C=O) groups excluding carboxylic acids is 1. The van der Waals surface area contributed by atoms with E-state index in [9.17, 15) is 4.79 Å². The fourth-order valence-corrected chi connectivity index (χ4v) is 5.21. The fraction of sp³-hybridized carbons (Fsp3) is 0.391. The van der Waals surface area contributed by atoms with Crippen molar-refractivity contribution in [2.45, 2.75) is 4.90 Å². The number of carbonyl (C=O) groups is 1. The van der Waals surface area contributed by atoms with Gasteiger partial charge < -0.3 is 14.2 Å². The number of amides is 1. The van der Waals surface area contributed by atoms with Crippen molar-refractivity contribution < 1.29 is 19.0 Å². The van der Waals surface area contributed by atoms with Gasteiger partial charge in [-0.05, 0) is 36.6 Å². The Hall–Kier alpha value is -2.33. The Kier molecular flexibility index (Phi) is 7.51. The lowest BCUT2D eigenvalue weighted by Gasteiger charge is -2.29. The van der Waals surface area contributed by atoms with Crippen LogP contribution in [0.5, 0.6) is 11.5 Å². The highest BCUT2D eigenvalue weighted by atomic mass is 32.2. The highest BCUT2D eigenvalue weighted by Gasteiger charge is 2.25. The average molecular weight is 474 g/mol. The van der Waals surface area contributed by atoms with Crippen LogP contribution in [0, 0.1) is 0 Å². The lowest BCUT2D eigenvalue weighted by Crippen LogP contribution is -2.43. The number of benzene rings is 2. The number of nitrogens with zero attached hydrogens (tertiary/aromatic N) is 3. The van der Waals surface area contributed by atoms with Gasteiger partial charge in [-0.25, -0.2) is 4.98 Å². The second-order valence-electron chi connectivity index (χ2n) is 7.29. The van der Waals surface area contributed by atoms with Crippen LogP contribution in [-0.4, -0.2) is 75.7 Å². The van der Waals surface area contributed by atoms with Gasteiger partial charge in [0.05, 0.1) is 27.4 Å². The highest BCUT2D eigenvalue weighted by molar-refractivity contribution is 7.98. The average Bonchev–Trinajstić information content (AvgIpc) is 3.29. The predicted molar refractivity (Wildman–Crippen MR) is 130 cm³/mol. The van der Waals surface area contributed by atoms with Crippen molar-refractivity contribution in [1.82, 2.24) is 9.88 Å². The summed E-state index contributed by atoms with van der Waals surface area (Å²) in [6, 6.07) is 11.4. The Bertz CT molecular complexity index is 1040. The Morgan fingerprint density at radius 2 is 1.94 bits per heavy atom. The van der Waals surface area contributed by atoms with E-state index < -0.39 is 0 Å². The molecule has 0 unspecified atom stereocenters. The summed E-state index contributed by atoms with van der Waals surface area (Å²) in [6.45, 7) is 4.46. The number of aromatic nitrogens is 1. The maximum atomic E-state index is 13.6. The Morgan fingerprint density at radius 1 is 1.19 bits per heavy atom. The van der Waals surface area contributed by atoms with Crippen LogP contribution >= 0.6 is 23.1 Å². The monoisotopic (exact) mass is 473 g/mol. The summed E-state index contributed by atoms with van der Waals surface area (Å²) < 4.78 is 17.4. The SMILES string of the molecule is COc1ccc(OC)c2sc(N(CCN3CCOCC3)C(=O)c3cccc(SC)c3)nc12. The maximum Gasteiger partial charge on any atom is 0.260 e. The molecule has 32 heavy (non-hydrogen) atoms. The first-order valence-corrected chi connectivity index (χ1v) is 12.5. The van der Waals surface area contributed by atoms with Crippen LogP contribution in [-0.2, 0) is 4.74 Å². The van der Waals surface area contributed by atoms with Gasteiger partial charge in [0.25, 0.3) is 5.91 Å². The third-order valence-electron chi connectivity index (χ3n) is 5.44. The standard InChI is InChI=1S/C23H27N3O4S2/c1-28-18-7-8-19(29-2)21-20(18)24-23(32-21)26(10-9-25-11-13-30-14-12-25)22(27)16-5-4-6-17(15-16)31-3/h4-8,15H,9-14H2,1-3H3. The Balaban J connectivity index is 1.71. The minimum atomic E-state index is -0.0638. The normalized spacial score (nSPS) is 14.5. The van der Waals surface area contributed by atoms with Crippen LogP contribution in [0.2, 0.25) is 0 Å². The first-order chi connectivity index (χ1) is 15.6. The lowest BCUT2D eigenvalue weighted by atomic mass is 10.2. The van der Waals surface area contributed by atoms with E-state index >= 15 is 0 Å². The van der Waals surface area contributed by atoms with Gasteiger partial charge in [-0.3, -0.25) is 14.6 Å². The number of thiazole rings is 1. The van der Waals surface area contributed by atoms with E-state index in [1.165, 1.54) is 11.3 Å². The largest absolute Gasteiger partial charge is 0.495 e. The van der Waals surface area contributed by atoms with Gasteiger partial charge in [-0.1, -0.05) is 17.4 Å². The molecule has 1 aromatic heterocycles. The fourth-order valence-electron chi connectivity index (χ4n) is 3.65. The molecular weight excluding hydrogens is 446 g/mol. The zero-order chi connectivity index (χ0) is 22.5. The zero-order valence-electron chi connectivity index (χ0n) is 18.5. The van der Waals surface area contributed by atoms with Crippen molar-refractivity contribution >= 4 is 44.4 Å². The number of rotatable bonds is 8. The van der Waals surface area contributed by atoms with Crippen LogP contribution < -0.4 is 14.4 Å². The summed E-state index contributed by atoms with van der Waals surface area (Å²) in [4.78, 5) is 23.6. The van der Waals surface area contributed by atoms with Crippen LogP contribution in [0.25, 0.3) is 10.2 Å². The van der Waals surface area contributed by atoms with E-state index in [2.05, 4.69) is 4.90 Å². The number of morpholine rings is 1. The topological polar surface area (TPSA) is 64.1 Å². The summed E-state index contributed by atoms with van der Waals surface area (Å²) in [5.74, 6) is 1.31. The minimum Gasteiger partial charge on any atom is -0.495 e. The molecule has 1 fully saturated rings. The number of methoxy groups -OCH3 is 2. The van der Waals surface area contributed by atoms with E-state index in [1.807, 2.05) is 42.7 Å². The molecule has 0 atom stereocenters. The molecule has 7 nitrogen and oxygen atoms in total. The second kappa shape index (κ2) is 10.5. The summed E-state index contributed by atoms with van der Waals surface area (Å²) in [6.07, 6.45) is 2.01. The Labute approximate surface area is 196 Å². The van der Waals surface area contributed by atoms with Crippen molar-refractivity contribution in [2.75, 3.05) is 64.8 Å². The number of ether oxygens (including phenoxy) is 3. The number of hydrogen-bond donors (Lipinski definition) is 0. The van der Waals surface area contributed by atoms with Crippen molar-refractivity contribution in [3.05, 3.63) is 42.0 Å². The molecule has 0 aliphatic carbocycles. The summed E-state index contributed by atoms with van der Waals surface area (Å²) in [5.41, 5.74) is 1.35. The number of thioether (sulfide) groups is 1. The molecule has 0 spiro atoms. The first kappa shape index (κ1) is 22.8. The van der Waals surface area contributed by atoms with E-state index in [1.54, 1.807) is 30.9 Å². The van der Waals surface area contributed by atoms with Crippen LogP contribution in [0.4, 0.5) is 5.13 Å². The number of fused-ring (bicyclic) bond motifs is 1. The molecule has 2 aromatic carbocycles. The molecular formula is C23H27N3O4S2. The van der Waals surface area contributed by atoms with Crippen molar-refractivity contribution in [1.29, 1.82) is 0 Å². The third-order valence-corrected chi connectivity index (χ3v) is 7.25. The minimum absolute atomic E-state index is 0.0638. The van der Waals surface area contributed by atoms with Crippen molar-refractivity contribution in [3.8, 4) is 11.5 Å². The second-order valence-corrected chi connectivity index (χ2v) is 9.14. The molecule has 1 aliphatic rings. The van der Waals surface area contributed by atoms with Gasteiger partial charge >= 0.3 is 0 Å². The molecule has 3 aromatic rings. The van der Waals surface area contributed by atoms with Crippen LogP contribution in [0.1, 0.15) is 10.4 Å². The zero-order valence-corrected chi connectivity index (χ0v) is 20.1.